The number of hydrogen-bond donors (Lipinski definition) is 3. The highest BCUT2D eigenvalue weighted by molar-refractivity contribution is 9.11. The van der Waals surface area contributed by atoms with Crippen LogP contribution < -0.4 is 10.6 Å². The van der Waals surface area contributed by atoms with Gasteiger partial charge in [0.15, 0.2) is 17.1 Å². The molecule has 26 heteroatoms. The fraction of sp³-hybridized carbons (Fsp3) is 0.143. The van der Waals surface area contributed by atoms with Gasteiger partial charge in [0.25, 0.3) is 11.8 Å². The smallest absolute Gasteiger partial charge is 0.359 e. The minimum Gasteiger partial charge on any atom is -0.481 e. The zero-order chi connectivity index (χ0) is 70.3. The molecular weight excluding hydrogens is 1450 g/mol. The number of esters is 1. The summed E-state index contributed by atoms with van der Waals surface area (Å²) in [5, 5.41) is 59.7. The molecule has 3 N–H and O–H groups in total. The molecule has 0 fully saturated rings. The zero-order valence-corrected chi connectivity index (χ0v) is 56.1. The highest BCUT2D eigenvalue weighted by atomic mass is 79.9. The zero-order valence-electron chi connectivity index (χ0n) is 52.4. The van der Waals surface area contributed by atoms with E-state index >= 15 is 0 Å². The molecule has 5 aromatic heterocycles. The number of thiophene rings is 2. The van der Waals surface area contributed by atoms with Crippen molar-refractivity contribution in [2.45, 2.75) is 61.6 Å². The monoisotopic (exact) mass is 1510 g/mol. The second-order valence-electron chi connectivity index (χ2n) is 19.5. The summed E-state index contributed by atoms with van der Waals surface area (Å²) in [4.78, 5) is 52.8. The van der Waals surface area contributed by atoms with Crippen LogP contribution in [0, 0.1) is 34.0 Å². The molecule has 0 atom stereocenters. The molecule has 0 radical (unpaired) electrons. The number of nitrogens with one attached hydrogen (secondary N) is 2. The maximum atomic E-state index is 13.2. The number of aromatic nitrogens is 6. The Bertz CT molecular complexity index is 4730. The molecule has 5 heterocycles. The lowest BCUT2D eigenvalue weighted by molar-refractivity contribution is -0.136. The summed E-state index contributed by atoms with van der Waals surface area (Å²) in [7, 11) is 0. The molecule has 0 saturated carbocycles. The standard InChI is InChI=1S/C24H16Cl2N4O3S.C23H15BrCl2N4OS.C20H15Cl2N3O2.3CH4.3H2/c25-15-7-5-14(6-8-15)23-18(11-21(31)32)22(29-30(23)20-4-2-1-3-19(20)26)24(33)28-13-17-10-9-16(12-27)34-17;24-20-10-9-16(32-20)13-28-23(31)21-17(11-12-27)22(14-5-7-15(25)8-6-14)30(29-21)19-4-2-1-3-18(19)26;1-2-27-20(26)18-15(11-12-23)19(13-7-9-14(21)10-8-13)25(24-18)17-6-4-3-5-16(17)22;;;;;;/h1-10H,11,13H2,(H,28,33)(H,31,32);1-10H,11,13H2,(H,28,31);3-10H,2,11H2,1H3;3*1H4;3*1H/i;;;;;;2*1+1D;1+1. The summed E-state index contributed by atoms with van der Waals surface area (Å²) in [5.41, 5.74) is 7.04. The van der Waals surface area contributed by atoms with Gasteiger partial charge in [-0.3, -0.25) is 14.4 Å². The van der Waals surface area contributed by atoms with Crippen LogP contribution in [0.3, 0.4) is 0 Å². The molecule has 0 aliphatic carbocycles. The maximum Gasteiger partial charge on any atom is 0.359 e. The first-order chi connectivity index (χ1) is 46.9. The molecule has 0 aliphatic rings. The molecule has 11 aromatic rings. The van der Waals surface area contributed by atoms with Crippen molar-refractivity contribution in [3.05, 3.63) is 252 Å². The number of nitrogens with zero attached hydrogens (tertiary/aromatic N) is 9. The Kier molecular flexibility index (Phi) is 27.0. The van der Waals surface area contributed by atoms with E-state index in [1.165, 1.54) is 27.4 Å². The first-order valence-electron chi connectivity index (χ1n) is 29.7. The van der Waals surface area contributed by atoms with Crippen molar-refractivity contribution in [1.29, 1.82) is 15.8 Å². The minimum absolute atomic E-state index is 0. The van der Waals surface area contributed by atoms with Crippen LogP contribution in [0.15, 0.2) is 174 Å². The SMILES string of the molecule is C.C.C.CCOC(=O)c1nn(-c2ccccc2Cl)c(-c2ccc(Cl)cc2)c1CC#N.N#CCc1c(C(=O)NCc2ccc(Br)s2)nn(-c2ccccc2Cl)c1-c1ccc(Cl)cc1.N#Cc1ccc(CNC(=O)c2nn(-c3ccccc3Cl)c(-c3ccc(Cl)cc3)c2CC(=O)O)s1.[2HH].[2H][2H].[2H][2H]. The van der Waals surface area contributed by atoms with E-state index in [2.05, 4.69) is 60.1 Å². The highest BCUT2D eigenvalue weighted by Gasteiger charge is 2.30. The molecule has 0 unspecified atom stereocenters. The lowest BCUT2D eigenvalue weighted by atomic mass is 10.0. The van der Waals surface area contributed by atoms with Crippen molar-refractivity contribution in [2.24, 2.45) is 0 Å². The van der Waals surface area contributed by atoms with E-state index in [1.807, 2.05) is 60.7 Å². The molecule has 11 rings (SSSR count). The average molecular weight is 1520 g/mol. The van der Waals surface area contributed by atoms with Gasteiger partial charge in [-0.05, 0) is 120 Å². The number of para-hydroxylation sites is 3. The van der Waals surface area contributed by atoms with Crippen LogP contribution in [0.25, 0.3) is 50.8 Å². The van der Waals surface area contributed by atoms with Crippen molar-refractivity contribution in [3.63, 3.8) is 0 Å². The van der Waals surface area contributed by atoms with Gasteiger partial charge in [0.05, 0.1) is 104 Å². The second-order valence-corrected chi connectivity index (χ2v) is 25.8. The number of nitriles is 3. The molecule has 0 saturated heterocycles. The molecule has 0 aliphatic heterocycles. The van der Waals surface area contributed by atoms with Crippen molar-refractivity contribution in [1.82, 2.24) is 40.0 Å². The van der Waals surface area contributed by atoms with Gasteiger partial charge < -0.3 is 20.5 Å². The lowest BCUT2D eigenvalue weighted by Crippen LogP contribution is -2.24. The number of ether oxygens (including phenoxy) is 1. The van der Waals surface area contributed by atoms with Gasteiger partial charge in [-0.15, -0.1) is 22.7 Å². The van der Waals surface area contributed by atoms with E-state index in [0.717, 1.165) is 24.7 Å². The second kappa shape index (κ2) is 35.6. The summed E-state index contributed by atoms with van der Waals surface area (Å²) < 4.78 is 30.8. The highest BCUT2D eigenvalue weighted by Crippen LogP contribution is 2.37. The van der Waals surface area contributed by atoms with Gasteiger partial charge in [0.1, 0.15) is 10.9 Å². The van der Waals surface area contributed by atoms with Crippen LogP contribution in [0.1, 0.15) is 99.4 Å². The molecule has 6 aromatic carbocycles. The van der Waals surface area contributed by atoms with Crippen LogP contribution in [-0.2, 0) is 41.9 Å². The van der Waals surface area contributed by atoms with E-state index in [0.29, 0.717) is 92.4 Å². The van der Waals surface area contributed by atoms with Gasteiger partial charge in [0.2, 0.25) is 0 Å². The predicted molar refractivity (Wildman–Crippen MR) is 393 cm³/mol. The van der Waals surface area contributed by atoms with Gasteiger partial charge >= 0.3 is 11.9 Å². The Morgan fingerprint density at radius 3 is 1.25 bits per heavy atom. The fourth-order valence-corrected chi connectivity index (χ4v) is 12.7. The minimum atomic E-state index is -1.11. The number of carbonyl (C=O) groups is 4. The number of carboxylic acids is 1. The molecule has 17 nitrogen and oxygen atoms in total. The molecule has 496 valence electrons. The first-order valence-corrected chi connectivity index (χ1v) is 32.4. The van der Waals surface area contributed by atoms with Crippen molar-refractivity contribution >= 4 is 132 Å². The van der Waals surface area contributed by atoms with Gasteiger partial charge in [-0.1, -0.05) is 165 Å². The van der Waals surface area contributed by atoms with Crippen molar-refractivity contribution in [3.8, 4) is 69.0 Å². The van der Waals surface area contributed by atoms with Gasteiger partial charge in [-0.25, -0.2) is 18.8 Å². The Morgan fingerprint density at radius 1 is 0.531 bits per heavy atom. The third-order valence-electron chi connectivity index (χ3n) is 13.5. The normalized spacial score (nSPS) is 10.4. The van der Waals surface area contributed by atoms with E-state index < -0.39 is 24.3 Å². The maximum absolute atomic E-state index is 13.2. The third-order valence-corrected chi connectivity index (χ3v) is 17.9. The van der Waals surface area contributed by atoms with E-state index in [1.54, 1.807) is 125 Å². The number of benzene rings is 6. The summed E-state index contributed by atoms with van der Waals surface area (Å²) in [5.74, 6) is -2.59. The first kappa shape index (κ1) is 72.7. The Hall–Kier alpha value is -9.08. The number of carboxylic acid groups (broad SMARTS) is 1. The summed E-state index contributed by atoms with van der Waals surface area (Å²) in [6.07, 6.45) is -0.422. The number of rotatable bonds is 18. The van der Waals surface area contributed by atoms with E-state index in [9.17, 15) is 34.8 Å². The molecule has 2 amide bonds. The summed E-state index contributed by atoms with van der Waals surface area (Å²) >= 11 is 43.6. The number of hydrogen-bond acceptors (Lipinski definition) is 13. The number of amides is 2. The number of halogens is 7. The largest absolute Gasteiger partial charge is 0.481 e. The Labute approximate surface area is 609 Å². The molecular formula is C70H64BrCl6N11O6S2. The fourth-order valence-electron chi connectivity index (χ4n) is 9.48. The van der Waals surface area contributed by atoms with Crippen LogP contribution in [0.5, 0.6) is 0 Å². The molecule has 96 heavy (non-hydrogen) atoms. The van der Waals surface area contributed by atoms with Gasteiger partial charge in [0, 0.05) is 65.6 Å². The van der Waals surface area contributed by atoms with Crippen molar-refractivity contribution in [2.75, 3.05) is 6.61 Å². The van der Waals surface area contributed by atoms with Crippen LogP contribution in [-0.4, -0.2) is 64.8 Å². The number of carbonyl (C=O) groups excluding carboxylic acids is 3. The predicted octanol–water partition coefficient (Wildman–Crippen LogP) is 19.7. The van der Waals surface area contributed by atoms with Crippen LogP contribution >= 0.6 is 108 Å². The topological polar surface area (TPSA) is 247 Å². The van der Waals surface area contributed by atoms with Crippen LogP contribution in [0.2, 0.25) is 30.1 Å². The van der Waals surface area contributed by atoms with E-state index in [4.69, 9.17) is 85.5 Å². The van der Waals surface area contributed by atoms with Gasteiger partial charge in [-0.2, -0.15) is 31.1 Å². The Balaban J connectivity index is 0.000000379. The molecule has 0 bridgehead atoms. The Morgan fingerprint density at radius 2 is 0.896 bits per heavy atom. The molecule has 0 spiro atoms. The quantitative estimate of drug-likeness (QED) is 0.0679. The lowest BCUT2D eigenvalue weighted by Gasteiger charge is -2.11. The van der Waals surface area contributed by atoms with Crippen LogP contribution in [0.4, 0.5) is 0 Å². The summed E-state index contributed by atoms with van der Waals surface area (Å²) in [6, 6.07) is 56.0. The average Bonchev–Trinajstić information content (AvgIpc) is 1.64. The number of aliphatic carboxylic acids is 1. The van der Waals surface area contributed by atoms with Crippen molar-refractivity contribution < 1.29 is 36.4 Å². The van der Waals surface area contributed by atoms with E-state index in [-0.39, 0.29) is 78.3 Å². The third kappa shape index (κ3) is 18.3. The summed E-state index contributed by atoms with van der Waals surface area (Å²) in [6.45, 7) is 2.45.